The third kappa shape index (κ3) is 2.37. The maximum absolute atomic E-state index is 12.3. The number of halogens is 1. The fourth-order valence-electron chi connectivity index (χ4n) is 3.78. The van der Waals surface area contributed by atoms with Crippen LogP contribution in [0.5, 0.6) is 0 Å². The first-order valence-corrected chi connectivity index (χ1v) is 8.21. The predicted molar refractivity (Wildman–Crippen MR) is 87.1 cm³/mol. The summed E-state index contributed by atoms with van der Waals surface area (Å²) >= 11 is 6.21. The van der Waals surface area contributed by atoms with Crippen LogP contribution in [0.1, 0.15) is 5.82 Å². The van der Waals surface area contributed by atoms with Crippen LogP contribution in [0.4, 0.5) is 4.79 Å². The van der Waals surface area contributed by atoms with E-state index in [1.807, 2.05) is 34.7 Å². The number of amides is 2. The monoisotopic (exact) mass is 334 g/mol. The number of imidazole rings is 1. The zero-order valence-corrected chi connectivity index (χ0v) is 13.6. The molecule has 1 saturated heterocycles. The van der Waals surface area contributed by atoms with Gasteiger partial charge in [0.25, 0.3) is 0 Å². The highest BCUT2D eigenvalue weighted by molar-refractivity contribution is 6.35. The number of aliphatic hydroxyl groups is 1. The van der Waals surface area contributed by atoms with Gasteiger partial charge in [0.15, 0.2) is 0 Å². The minimum absolute atomic E-state index is 0.0629. The van der Waals surface area contributed by atoms with Gasteiger partial charge in [-0.2, -0.15) is 0 Å². The summed E-state index contributed by atoms with van der Waals surface area (Å²) in [6.45, 7) is 2.10. The normalized spacial score (nSPS) is 25.7. The molecule has 0 bridgehead atoms. The van der Waals surface area contributed by atoms with Crippen molar-refractivity contribution in [2.45, 2.75) is 6.54 Å². The number of nitrogens with zero attached hydrogens (tertiary/aromatic N) is 3. The molecule has 1 aliphatic carbocycles. The van der Waals surface area contributed by atoms with Gasteiger partial charge in [-0.25, -0.2) is 9.78 Å². The summed E-state index contributed by atoms with van der Waals surface area (Å²) in [7, 11) is 1.90. The van der Waals surface area contributed by atoms with Crippen molar-refractivity contribution in [3.05, 3.63) is 29.0 Å². The maximum atomic E-state index is 12.3. The van der Waals surface area contributed by atoms with Gasteiger partial charge in [0.1, 0.15) is 5.82 Å². The van der Waals surface area contributed by atoms with Crippen molar-refractivity contribution >= 4 is 28.7 Å². The van der Waals surface area contributed by atoms with Crippen LogP contribution >= 0.6 is 11.6 Å². The third-order valence-electron chi connectivity index (χ3n) is 5.20. The molecule has 1 saturated carbocycles. The molecule has 4 rings (SSSR count). The Bertz CT molecular complexity index is 763. The highest BCUT2D eigenvalue weighted by atomic mass is 35.5. The summed E-state index contributed by atoms with van der Waals surface area (Å²) in [5.74, 6) is 2.15. The summed E-state index contributed by atoms with van der Waals surface area (Å²) in [5, 5.41) is 12.8. The number of fused-ring (bicyclic) bond motifs is 2. The SMILES string of the molecule is Cn1c(CNC(=O)N2C[C@@H]3C(CO)[C@@H]3C2)nc2cccc(Cl)c21. The van der Waals surface area contributed by atoms with Crippen LogP contribution in [-0.2, 0) is 13.6 Å². The van der Waals surface area contributed by atoms with E-state index in [-0.39, 0.29) is 12.6 Å². The second kappa shape index (κ2) is 5.39. The Hall–Kier alpha value is -1.79. The van der Waals surface area contributed by atoms with E-state index in [1.165, 1.54) is 0 Å². The molecule has 1 aliphatic heterocycles. The topological polar surface area (TPSA) is 70.4 Å². The number of carbonyl (C=O) groups excluding carboxylic acids is 1. The lowest BCUT2D eigenvalue weighted by Crippen LogP contribution is -2.40. The first-order chi connectivity index (χ1) is 11.1. The van der Waals surface area contributed by atoms with E-state index < -0.39 is 0 Å². The van der Waals surface area contributed by atoms with Crippen LogP contribution in [0.25, 0.3) is 11.0 Å². The van der Waals surface area contributed by atoms with E-state index in [1.54, 1.807) is 0 Å². The molecule has 6 nitrogen and oxygen atoms in total. The number of nitrogens with one attached hydrogen (secondary N) is 1. The Kier molecular flexibility index (Phi) is 3.46. The number of aromatic nitrogens is 2. The number of likely N-dealkylation sites (tertiary alicyclic amines) is 1. The fourth-order valence-corrected chi connectivity index (χ4v) is 4.08. The lowest BCUT2D eigenvalue weighted by molar-refractivity contribution is 0.191. The average Bonchev–Trinajstić information content (AvgIpc) is 2.87. The maximum Gasteiger partial charge on any atom is 0.317 e. The number of carbonyl (C=O) groups is 1. The van der Waals surface area contributed by atoms with Crippen molar-refractivity contribution < 1.29 is 9.90 Å². The van der Waals surface area contributed by atoms with Gasteiger partial charge in [0, 0.05) is 26.7 Å². The van der Waals surface area contributed by atoms with Crippen molar-refractivity contribution in [2.24, 2.45) is 24.8 Å². The highest BCUT2D eigenvalue weighted by Crippen LogP contribution is 2.51. The smallest absolute Gasteiger partial charge is 0.317 e. The molecule has 2 N–H and O–H groups in total. The second-order valence-corrected chi connectivity index (χ2v) is 6.84. The minimum Gasteiger partial charge on any atom is -0.396 e. The van der Waals surface area contributed by atoms with Crippen LogP contribution in [0, 0.1) is 17.8 Å². The standard InChI is InChI=1S/C16H19ClN4O2/c1-20-14(19-13-4-2-3-12(17)15(13)20)5-18-16(23)21-6-9-10(7-21)11(9)8-22/h2-4,9-11,22H,5-8H2,1H3,(H,18,23)/t9-,10+,11?. The van der Waals surface area contributed by atoms with Gasteiger partial charge >= 0.3 is 6.03 Å². The average molecular weight is 335 g/mol. The molecule has 7 heteroatoms. The van der Waals surface area contributed by atoms with Gasteiger partial charge < -0.3 is 19.9 Å². The quantitative estimate of drug-likeness (QED) is 0.896. The van der Waals surface area contributed by atoms with Crippen molar-refractivity contribution in [3.63, 3.8) is 0 Å². The molecule has 1 unspecified atom stereocenters. The fraction of sp³-hybridized carbons (Fsp3) is 0.500. The van der Waals surface area contributed by atoms with Gasteiger partial charge in [-0.15, -0.1) is 0 Å². The first-order valence-electron chi connectivity index (χ1n) is 7.83. The van der Waals surface area contributed by atoms with Crippen molar-refractivity contribution in [1.29, 1.82) is 0 Å². The van der Waals surface area contributed by atoms with Crippen LogP contribution in [0.2, 0.25) is 5.02 Å². The van der Waals surface area contributed by atoms with E-state index in [2.05, 4.69) is 10.3 Å². The summed E-state index contributed by atoms with van der Waals surface area (Å²) in [6.07, 6.45) is 0. The van der Waals surface area contributed by atoms with Gasteiger partial charge in [0.05, 0.1) is 22.6 Å². The van der Waals surface area contributed by atoms with Gasteiger partial charge in [0.2, 0.25) is 0 Å². The number of para-hydroxylation sites is 1. The molecular formula is C16H19ClN4O2. The molecule has 2 amide bonds. The first kappa shape index (κ1) is 14.8. The number of urea groups is 1. The van der Waals surface area contributed by atoms with Crippen LogP contribution < -0.4 is 5.32 Å². The van der Waals surface area contributed by atoms with E-state index in [9.17, 15) is 4.79 Å². The van der Waals surface area contributed by atoms with Crippen molar-refractivity contribution in [2.75, 3.05) is 19.7 Å². The molecule has 3 atom stereocenters. The van der Waals surface area contributed by atoms with E-state index in [4.69, 9.17) is 16.7 Å². The van der Waals surface area contributed by atoms with Crippen LogP contribution in [0.3, 0.4) is 0 Å². The Morgan fingerprint density at radius 1 is 1.43 bits per heavy atom. The Morgan fingerprint density at radius 3 is 2.83 bits per heavy atom. The molecule has 0 spiro atoms. The van der Waals surface area contributed by atoms with Crippen LogP contribution in [-0.4, -0.2) is 45.3 Å². The lowest BCUT2D eigenvalue weighted by Gasteiger charge is -2.20. The predicted octanol–water partition coefficient (Wildman–Crippen LogP) is 1.61. The molecule has 1 aromatic carbocycles. The molecule has 2 fully saturated rings. The summed E-state index contributed by atoms with van der Waals surface area (Å²) in [6, 6.07) is 5.55. The van der Waals surface area contributed by atoms with Crippen LogP contribution in [0.15, 0.2) is 18.2 Å². The van der Waals surface area contributed by atoms with E-state index in [0.29, 0.717) is 29.3 Å². The summed E-state index contributed by atoms with van der Waals surface area (Å²) in [4.78, 5) is 18.6. The lowest BCUT2D eigenvalue weighted by atomic mass is 10.3. The molecule has 2 aromatic rings. The second-order valence-electron chi connectivity index (χ2n) is 6.43. The summed E-state index contributed by atoms with van der Waals surface area (Å²) < 4.78 is 1.92. The number of aliphatic hydroxyl groups excluding tert-OH is 1. The number of rotatable bonds is 3. The number of aryl methyl sites for hydroxylation is 1. The zero-order chi connectivity index (χ0) is 16.1. The van der Waals surface area contributed by atoms with E-state index >= 15 is 0 Å². The Labute approximate surface area is 139 Å². The zero-order valence-electron chi connectivity index (χ0n) is 12.9. The number of benzene rings is 1. The number of piperidine rings is 1. The number of hydrogen-bond acceptors (Lipinski definition) is 3. The minimum atomic E-state index is -0.0629. The Morgan fingerprint density at radius 2 is 2.17 bits per heavy atom. The van der Waals surface area contributed by atoms with Crippen molar-refractivity contribution in [1.82, 2.24) is 19.8 Å². The van der Waals surface area contributed by atoms with E-state index in [0.717, 1.165) is 29.9 Å². The summed E-state index contributed by atoms with van der Waals surface area (Å²) in [5.41, 5.74) is 1.71. The Balaban J connectivity index is 1.41. The molecule has 2 aliphatic rings. The van der Waals surface area contributed by atoms with Crippen molar-refractivity contribution in [3.8, 4) is 0 Å². The molecule has 1 aromatic heterocycles. The molecular weight excluding hydrogens is 316 g/mol. The molecule has 0 radical (unpaired) electrons. The molecule has 2 heterocycles. The van der Waals surface area contributed by atoms with Gasteiger partial charge in [-0.05, 0) is 29.9 Å². The molecule has 23 heavy (non-hydrogen) atoms. The number of hydrogen-bond donors (Lipinski definition) is 2. The molecule has 122 valence electrons. The van der Waals surface area contributed by atoms with Gasteiger partial charge in [-0.3, -0.25) is 0 Å². The van der Waals surface area contributed by atoms with Gasteiger partial charge in [-0.1, -0.05) is 17.7 Å². The third-order valence-corrected chi connectivity index (χ3v) is 5.51. The largest absolute Gasteiger partial charge is 0.396 e. The highest BCUT2D eigenvalue weighted by Gasteiger charge is 2.56.